The lowest BCUT2D eigenvalue weighted by Gasteiger charge is -2.39. The van der Waals surface area contributed by atoms with Crippen molar-refractivity contribution in [3.8, 4) is 0 Å². The first-order valence-electron chi connectivity index (χ1n) is 10.5. The number of carbonyl (C=O) groups excluding carboxylic acids is 2. The zero-order valence-corrected chi connectivity index (χ0v) is 20.2. The van der Waals surface area contributed by atoms with E-state index in [0.717, 1.165) is 17.7 Å². The third-order valence-corrected chi connectivity index (χ3v) is 5.75. The van der Waals surface area contributed by atoms with Crippen molar-refractivity contribution in [3.63, 3.8) is 0 Å². The molecule has 1 N–H and O–H groups in total. The number of likely N-dealkylation sites (tertiary alicyclic amines) is 1. The highest BCUT2D eigenvalue weighted by molar-refractivity contribution is 9.10. The number of amides is 2. The molecule has 0 bridgehead atoms. The Hall–Kier alpha value is -2.55. The minimum absolute atomic E-state index is 0.0851. The highest BCUT2D eigenvalue weighted by Crippen LogP contribution is 2.33. The lowest BCUT2D eigenvalue weighted by Crippen LogP contribution is -2.52. The minimum Gasteiger partial charge on any atom is -0.444 e. The van der Waals surface area contributed by atoms with Crippen LogP contribution in [0.5, 0.6) is 0 Å². The summed E-state index contributed by atoms with van der Waals surface area (Å²) in [7, 11) is 0. The fraction of sp³-hybridized carbons (Fsp3) is 0.417. The van der Waals surface area contributed by atoms with Crippen molar-refractivity contribution < 1.29 is 27.5 Å². The van der Waals surface area contributed by atoms with Gasteiger partial charge in [-0.2, -0.15) is 13.2 Å². The summed E-state index contributed by atoms with van der Waals surface area (Å²) in [6.45, 7) is 6.05. The van der Waals surface area contributed by atoms with E-state index in [1.165, 1.54) is 6.07 Å². The largest absolute Gasteiger partial charge is 0.444 e. The van der Waals surface area contributed by atoms with Crippen LogP contribution >= 0.6 is 15.9 Å². The van der Waals surface area contributed by atoms with Gasteiger partial charge in [-0.15, -0.1) is 0 Å². The number of hydrogen-bond donors (Lipinski definition) is 1. The Morgan fingerprint density at radius 3 is 2.36 bits per heavy atom. The minimum atomic E-state index is -4.57. The summed E-state index contributed by atoms with van der Waals surface area (Å²) in [5, 5.41) is 2.89. The SMILES string of the molecule is CC(C)(C)OC(=O)N1CCC(NC(=O)c2cc(Br)cc(C(F)(F)F)c2)[C@H](c2ccccc2)C1. The topological polar surface area (TPSA) is 58.6 Å². The monoisotopic (exact) mass is 526 g/mol. The lowest BCUT2D eigenvalue weighted by atomic mass is 9.86. The van der Waals surface area contributed by atoms with Crippen LogP contribution in [-0.2, 0) is 10.9 Å². The third-order valence-electron chi connectivity index (χ3n) is 5.30. The van der Waals surface area contributed by atoms with Crippen molar-refractivity contribution in [2.24, 2.45) is 0 Å². The van der Waals surface area contributed by atoms with E-state index in [1.54, 1.807) is 25.7 Å². The highest BCUT2D eigenvalue weighted by atomic mass is 79.9. The molecule has 1 unspecified atom stereocenters. The van der Waals surface area contributed by atoms with Gasteiger partial charge in [0.25, 0.3) is 5.91 Å². The van der Waals surface area contributed by atoms with Gasteiger partial charge in [-0.1, -0.05) is 46.3 Å². The third kappa shape index (κ3) is 6.72. The molecule has 178 valence electrons. The number of rotatable bonds is 3. The van der Waals surface area contributed by atoms with E-state index in [-0.39, 0.29) is 22.0 Å². The number of carbonyl (C=O) groups is 2. The number of nitrogens with one attached hydrogen (secondary N) is 1. The summed E-state index contributed by atoms with van der Waals surface area (Å²) in [5.74, 6) is -0.843. The van der Waals surface area contributed by atoms with Crippen LogP contribution in [0.1, 0.15) is 54.6 Å². The van der Waals surface area contributed by atoms with Gasteiger partial charge in [0.2, 0.25) is 0 Å². The first kappa shape index (κ1) is 25.1. The number of piperidine rings is 1. The van der Waals surface area contributed by atoms with Crippen LogP contribution in [0.3, 0.4) is 0 Å². The smallest absolute Gasteiger partial charge is 0.416 e. The summed E-state index contributed by atoms with van der Waals surface area (Å²) < 4.78 is 45.2. The zero-order valence-electron chi connectivity index (χ0n) is 18.6. The van der Waals surface area contributed by atoms with Crippen LogP contribution in [0, 0.1) is 0 Å². The molecule has 33 heavy (non-hydrogen) atoms. The molecule has 2 aromatic rings. The van der Waals surface area contributed by atoms with E-state index in [1.807, 2.05) is 30.3 Å². The van der Waals surface area contributed by atoms with Crippen LogP contribution in [0.25, 0.3) is 0 Å². The Balaban J connectivity index is 1.82. The fourth-order valence-electron chi connectivity index (χ4n) is 3.79. The van der Waals surface area contributed by atoms with Crippen molar-refractivity contribution in [3.05, 3.63) is 69.7 Å². The molecular weight excluding hydrogens is 501 g/mol. The normalized spacial score (nSPS) is 19.2. The molecule has 0 spiro atoms. The van der Waals surface area contributed by atoms with Crippen molar-refractivity contribution in [1.29, 1.82) is 0 Å². The zero-order chi connectivity index (χ0) is 24.4. The van der Waals surface area contributed by atoms with Gasteiger partial charge >= 0.3 is 12.3 Å². The molecular formula is C24H26BrF3N2O3. The molecule has 1 aliphatic heterocycles. The lowest BCUT2D eigenvalue weighted by molar-refractivity contribution is -0.137. The van der Waals surface area contributed by atoms with Crippen molar-refractivity contribution >= 4 is 27.9 Å². The summed E-state index contributed by atoms with van der Waals surface area (Å²) in [4.78, 5) is 27.1. The van der Waals surface area contributed by atoms with Crippen LogP contribution in [0.15, 0.2) is 53.0 Å². The Labute approximate surface area is 199 Å². The Kier molecular flexibility index (Phi) is 7.41. The average Bonchev–Trinajstić information content (AvgIpc) is 2.72. The van der Waals surface area contributed by atoms with Crippen molar-refractivity contribution in [2.45, 2.75) is 50.9 Å². The highest BCUT2D eigenvalue weighted by Gasteiger charge is 2.36. The molecule has 0 radical (unpaired) electrons. The van der Waals surface area contributed by atoms with E-state index >= 15 is 0 Å². The summed E-state index contributed by atoms with van der Waals surface area (Å²) in [6, 6.07) is 12.2. The van der Waals surface area contributed by atoms with E-state index in [9.17, 15) is 22.8 Å². The van der Waals surface area contributed by atoms with Crippen LogP contribution in [0.2, 0.25) is 0 Å². The van der Waals surface area contributed by atoms with Gasteiger partial charge in [0, 0.05) is 35.1 Å². The Morgan fingerprint density at radius 1 is 1.09 bits per heavy atom. The quantitative estimate of drug-likeness (QED) is 0.534. The summed E-state index contributed by atoms with van der Waals surface area (Å²) in [5.41, 5.74) is -0.706. The molecule has 2 aromatic carbocycles. The Morgan fingerprint density at radius 2 is 1.76 bits per heavy atom. The molecule has 0 saturated carbocycles. The second-order valence-corrected chi connectivity index (χ2v) is 9.95. The summed E-state index contributed by atoms with van der Waals surface area (Å²) in [6.07, 6.45) is -4.57. The van der Waals surface area contributed by atoms with Gasteiger partial charge < -0.3 is 15.0 Å². The van der Waals surface area contributed by atoms with Gasteiger partial charge in [0.05, 0.1) is 5.56 Å². The van der Waals surface area contributed by atoms with Crippen LogP contribution < -0.4 is 5.32 Å². The van der Waals surface area contributed by atoms with Crippen LogP contribution in [0.4, 0.5) is 18.0 Å². The maximum absolute atomic E-state index is 13.2. The standard InChI is InChI=1S/C24H26BrF3N2O3/c1-23(2,3)33-22(32)30-10-9-20(19(14-30)15-7-5-4-6-8-15)29-21(31)16-11-17(24(26,27)28)13-18(25)12-16/h4-8,11-13,19-20H,9-10,14H2,1-3H3,(H,29,31)/t19-,20?/m0/s1. The average molecular weight is 527 g/mol. The maximum atomic E-state index is 13.2. The molecule has 1 fully saturated rings. The molecule has 2 amide bonds. The molecule has 3 rings (SSSR count). The van der Waals surface area contributed by atoms with Gasteiger partial charge in [-0.3, -0.25) is 4.79 Å². The molecule has 9 heteroatoms. The number of halogens is 4. The Bertz CT molecular complexity index is 1010. The van der Waals surface area contributed by atoms with E-state index in [4.69, 9.17) is 4.74 Å². The van der Waals surface area contributed by atoms with Crippen molar-refractivity contribution in [2.75, 3.05) is 13.1 Å². The van der Waals surface area contributed by atoms with E-state index in [0.29, 0.717) is 19.5 Å². The second-order valence-electron chi connectivity index (χ2n) is 9.04. The molecule has 5 nitrogen and oxygen atoms in total. The molecule has 1 heterocycles. The van der Waals surface area contributed by atoms with E-state index in [2.05, 4.69) is 21.2 Å². The predicted molar refractivity (Wildman–Crippen MR) is 122 cm³/mol. The van der Waals surface area contributed by atoms with Gasteiger partial charge in [0.15, 0.2) is 0 Å². The maximum Gasteiger partial charge on any atom is 0.416 e. The molecule has 0 aliphatic carbocycles. The number of alkyl halides is 3. The molecule has 1 saturated heterocycles. The van der Waals surface area contributed by atoms with Gasteiger partial charge in [-0.05, 0) is 51.0 Å². The molecule has 0 aromatic heterocycles. The van der Waals surface area contributed by atoms with Crippen LogP contribution in [-0.4, -0.2) is 41.6 Å². The summed E-state index contributed by atoms with van der Waals surface area (Å²) >= 11 is 3.06. The first-order chi connectivity index (χ1) is 15.3. The first-order valence-corrected chi connectivity index (χ1v) is 11.3. The van der Waals surface area contributed by atoms with E-state index < -0.39 is 29.3 Å². The number of ether oxygens (including phenoxy) is 1. The number of nitrogens with zero attached hydrogens (tertiary/aromatic N) is 1. The van der Waals surface area contributed by atoms with Crippen molar-refractivity contribution in [1.82, 2.24) is 10.2 Å². The fourth-order valence-corrected chi connectivity index (χ4v) is 4.28. The van der Waals surface area contributed by atoms with Gasteiger partial charge in [0.1, 0.15) is 5.60 Å². The number of hydrogen-bond acceptors (Lipinski definition) is 3. The number of benzene rings is 2. The molecule has 2 atom stereocenters. The molecule has 1 aliphatic rings. The predicted octanol–water partition coefficient (Wildman–Crippen LogP) is 5.99. The van der Waals surface area contributed by atoms with Gasteiger partial charge in [-0.25, -0.2) is 4.79 Å². The second kappa shape index (κ2) is 9.75.